The van der Waals surface area contributed by atoms with Gasteiger partial charge in [0.25, 0.3) is 0 Å². The molecule has 0 amide bonds. The molecule has 29 heavy (non-hydrogen) atoms. The van der Waals surface area contributed by atoms with E-state index in [1.807, 2.05) is 30.5 Å². The summed E-state index contributed by atoms with van der Waals surface area (Å²) in [5, 5.41) is 28.5. The average molecular weight is 419 g/mol. The molecule has 3 N–H and O–H groups in total. The van der Waals surface area contributed by atoms with Gasteiger partial charge in [0.2, 0.25) is 0 Å². The Kier molecular flexibility index (Phi) is 8.98. The fourth-order valence-corrected chi connectivity index (χ4v) is 3.66. The van der Waals surface area contributed by atoms with E-state index in [0.29, 0.717) is 25.2 Å². The second-order valence-corrected chi connectivity index (χ2v) is 7.50. The quantitative estimate of drug-likeness (QED) is 0.452. The zero-order valence-electron chi connectivity index (χ0n) is 16.3. The lowest BCUT2D eigenvalue weighted by atomic mass is 10.2. The van der Waals surface area contributed by atoms with Crippen LogP contribution in [0.2, 0.25) is 0 Å². The Morgan fingerprint density at radius 3 is 1.83 bits per heavy atom. The minimum atomic E-state index is -0.974. The molecule has 0 unspecified atom stereocenters. The summed E-state index contributed by atoms with van der Waals surface area (Å²) in [6.07, 6.45) is 1.97. The molecule has 0 bridgehead atoms. The van der Waals surface area contributed by atoms with Crippen LogP contribution in [0.5, 0.6) is 5.75 Å². The predicted molar refractivity (Wildman–Crippen MR) is 112 cm³/mol. The number of rotatable bonds is 12. The maximum Gasteiger partial charge on any atom is 0.317 e. The van der Waals surface area contributed by atoms with Gasteiger partial charge in [0.1, 0.15) is 5.75 Å². The number of phenols is 1. The highest BCUT2D eigenvalue weighted by Gasteiger charge is 2.17. The third-order valence-corrected chi connectivity index (χ3v) is 5.26. The lowest BCUT2D eigenvalue weighted by Gasteiger charge is -2.26. The SMILES string of the molecule is CSc1ccccc1CN(CCN(CC(=O)O)Cc1ccccc1O)CC(=O)O. The zero-order chi connectivity index (χ0) is 21.2. The van der Waals surface area contributed by atoms with Crippen molar-refractivity contribution < 1.29 is 24.9 Å². The van der Waals surface area contributed by atoms with Crippen LogP contribution in [0.4, 0.5) is 0 Å². The number of benzene rings is 2. The van der Waals surface area contributed by atoms with E-state index in [-0.39, 0.29) is 25.4 Å². The lowest BCUT2D eigenvalue weighted by Crippen LogP contribution is -2.39. The van der Waals surface area contributed by atoms with Gasteiger partial charge in [0.05, 0.1) is 13.1 Å². The van der Waals surface area contributed by atoms with Crippen LogP contribution in [0.25, 0.3) is 0 Å². The van der Waals surface area contributed by atoms with E-state index in [2.05, 4.69) is 0 Å². The molecule has 2 aromatic rings. The second-order valence-electron chi connectivity index (χ2n) is 6.65. The standard InChI is InChI=1S/C21H26N2O5S/c1-29-19-9-5-3-7-17(19)13-23(15-21(27)28)11-10-22(14-20(25)26)12-16-6-2-4-8-18(16)24/h2-9,24H,10-15H2,1H3,(H,25,26)(H,27,28). The number of hydrogen-bond donors (Lipinski definition) is 3. The van der Waals surface area contributed by atoms with Gasteiger partial charge in [-0.2, -0.15) is 0 Å². The smallest absolute Gasteiger partial charge is 0.317 e. The monoisotopic (exact) mass is 418 g/mol. The molecule has 8 heteroatoms. The Bertz CT molecular complexity index is 830. The van der Waals surface area contributed by atoms with E-state index in [4.69, 9.17) is 0 Å². The summed E-state index contributed by atoms with van der Waals surface area (Å²) in [5.41, 5.74) is 1.66. The van der Waals surface area contributed by atoms with Crippen LogP contribution < -0.4 is 0 Å². The molecule has 0 saturated heterocycles. The van der Waals surface area contributed by atoms with Crippen LogP contribution in [0, 0.1) is 0 Å². The molecule has 0 spiro atoms. The summed E-state index contributed by atoms with van der Waals surface area (Å²) < 4.78 is 0. The minimum Gasteiger partial charge on any atom is -0.508 e. The summed E-state index contributed by atoms with van der Waals surface area (Å²) in [7, 11) is 0. The van der Waals surface area contributed by atoms with Gasteiger partial charge in [0.15, 0.2) is 0 Å². The molecule has 7 nitrogen and oxygen atoms in total. The van der Waals surface area contributed by atoms with Gasteiger partial charge in [-0.05, 0) is 24.0 Å². The Labute approximate surface area is 174 Å². The van der Waals surface area contributed by atoms with Crippen molar-refractivity contribution in [1.29, 1.82) is 0 Å². The van der Waals surface area contributed by atoms with Crippen LogP contribution in [-0.4, -0.2) is 69.5 Å². The molecule has 2 aromatic carbocycles. The number of aromatic hydroxyl groups is 1. The average Bonchev–Trinajstić information content (AvgIpc) is 2.67. The molecular weight excluding hydrogens is 392 g/mol. The maximum absolute atomic E-state index is 11.3. The van der Waals surface area contributed by atoms with E-state index in [0.717, 1.165) is 10.5 Å². The first kappa shape index (κ1) is 22.7. The number of aliphatic carboxylic acids is 2. The normalized spacial score (nSPS) is 11.1. The van der Waals surface area contributed by atoms with E-state index < -0.39 is 11.9 Å². The first-order chi connectivity index (χ1) is 13.9. The zero-order valence-corrected chi connectivity index (χ0v) is 17.1. The van der Waals surface area contributed by atoms with Gasteiger partial charge in [-0.3, -0.25) is 19.4 Å². The van der Waals surface area contributed by atoms with Crippen LogP contribution in [0.1, 0.15) is 11.1 Å². The number of nitrogens with zero attached hydrogens (tertiary/aromatic N) is 2. The molecular formula is C21H26N2O5S. The van der Waals surface area contributed by atoms with Gasteiger partial charge >= 0.3 is 11.9 Å². The molecule has 0 radical (unpaired) electrons. The van der Waals surface area contributed by atoms with Crippen molar-refractivity contribution in [2.75, 3.05) is 32.4 Å². The number of hydrogen-bond acceptors (Lipinski definition) is 6. The number of carbonyl (C=O) groups is 2. The van der Waals surface area contributed by atoms with E-state index >= 15 is 0 Å². The van der Waals surface area contributed by atoms with Crippen LogP contribution in [0.15, 0.2) is 53.4 Å². The van der Waals surface area contributed by atoms with Crippen molar-refractivity contribution >= 4 is 23.7 Å². The van der Waals surface area contributed by atoms with Gasteiger partial charge in [-0.15, -0.1) is 11.8 Å². The summed E-state index contributed by atoms with van der Waals surface area (Å²) in [6, 6.07) is 14.6. The molecule has 0 aromatic heterocycles. The fourth-order valence-electron chi connectivity index (χ4n) is 3.05. The molecule has 0 atom stereocenters. The summed E-state index contributed by atoms with van der Waals surface area (Å²) in [6.45, 7) is 1.13. The first-order valence-electron chi connectivity index (χ1n) is 9.16. The molecule has 0 fully saturated rings. The first-order valence-corrected chi connectivity index (χ1v) is 10.4. The molecule has 0 aliphatic heterocycles. The number of phenolic OH excluding ortho intramolecular Hbond substituents is 1. The van der Waals surface area contributed by atoms with E-state index in [1.54, 1.807) is 45.8 Å². The van der Waals surface area contributed by atoms with Crippen LogP contribution in [-0.2, 0) is 22.7 Å². The van der Waals surface area contributed by atoms with Crippen molar-refractivity contribution in [3.05, 3.63) is 59.7 Å². The third-order valence-electron chi connectivity index (χ3n) is 4.42. The number of thioether (sulfide) groups is 1. The maximum atomic E-state index is 11.3. The highest BCUT2D eigenvalue weighted by Crippen LogP contribution is 2.21. The van der Waals surface area contributed by atoms with E-state index in [9.17, 15) is 24.9 Å². The number of para-hydroxylation sites is 1. The van der Waals surface area contributed by atoms with Crippen LogP contribution >= 0.6 is 11.8 Å². The second kappa shape index (κ2) is 11.5. The van der Waals surface area contributed by atoms with Crippen molar-refractivity contribution in [1.82, 2.24) is 9.80 Å². The molecule has 0 saturated carbocycles. The van der Waals surface area contributed by atoms with Gasteiger partial charge < -0.3 is 15.3 Å². The molecule has 0 heterocycles. The number of carboxylic acids is 2. The van der Waals surface area contributed by atoms with Crippen LogP contribution in [0.3, 0.4) is 0 Å². The Hall–Kier alpha value is -2.55. The molecule has 0 aliphatic carbocycles. The highest BCUT2D eigenvalue weighted by molar-refractivity contribution is 7.98. The van der Waals surface area contributed by atoms with Crippen molar-refractivity contribution in [3.8, 4) is 5.75 Å². The third kappa shape index (κ3) is 7.77. The van der Waals surface area contributed by atoms with Crippen molar-refractivity contribution in [2.24, 2.45) is 0 Å². The van der Waals surface area contributed by atoms with Crippen molar-refractivity contribution in [3.63, 3.8) is 0 Å². The Balaban J connectivity index is 2.09. The predicted octanol–water partition coefficient (Wildman–Crippen LogP) is 2.59. The largest absolute Gasteiger partial charge is 0.508 e. The lowest BCUT2D eigenvalue weighted by molar-refractivity contribution is -0.140. The summed E-state index contributed by atoms with van der Waals surface area (Å²) in [5.74, 6) is -1.80. The molecule has 2 rings (SSSR count). The van der Waals surface area contributed by atoms with Gasteiger partial charge in [-0.1, -0.05) is 36.4 Å². The Morgan fingerprint density at radius 2 is 1.31 bits per heavy atom. The highest BCUT2D eigenvalue weighted by atomic mass is 32.2. The molecule has 156 valence electrons. The topological polar surface area (TPSA) is 101 Å². The van der Waals surface area contributed by atoms with Gasteiger partial charge in [-0.25, -0.2) is 0 Å². The molecule has 0 aliphatic rings. The summed E-state index contributed by atoms with van der Waals surface area (Å²) >= 11 is 1.60. The fraction of sp³-hybridized carbons (Fsp3) is 0.333. The van der Waals surface area contributed by atoms with Crippen molar-refractivity contribution in [2.45, 2.75) is 18.0 Å². The minimum absolute atomic E-state index is 0.110. The van der Waals surface area contributed by atoms with E-state index in [1.165, 1.54) is 0 Å². The number of carboxylic acid groups (broad SMARTS) is 2. The summed E-state index contributed by atoms with van der Waals surface area (Å²) in [4.78, 5) is 27.2. The Morgan fingerprint density at radius 1 is 0.828 bits per heavy atom. The van der Waals surface area contributed by atoms with Gasteiger partial charge in [0, 0.05) is 36.6 Å².